The second-order valence-electron chi connectivity index (χ2n) is 9.87. The Balaban J connectivity index is 1.28. The number of anilines is 2. The Hall–Kier alpha value is -3.37. The number of piperidine rings is 1. The van der Waals surface area contributed by atoms with Gasteiger partial charge in [-0.05, 0) is 67.5 Å². The fraction of sp³-hybridized carbons (Fsp3) is 0.429. The molecular weight excluding hydrogens is 499 g/mol. The van der Waals surface area contributed by atoms with Crippen LogP contribution in [0.25, 0.3) is 5.57 Å². The highest BCUT2D eigenvalue weighted by molar-refractivity contribution is 6.05. The van der Waals surface area contributed by atoms with Gasteiger partial charge in [0, 0.05) is 43.2 Å². The first kappa shape index (κ1) is 26.2. The van der Waals surface area contributed by atoms with E-state index >= 15 is 0 Å². The number of nitrogens with one attached hydrogen (secondary N) is 2. The maximum atomic E-state index is 13.1. The molecule has 3 heterocycles. The largest absolute Gasteiger partial charge is 0.493 e. The lowest BCUT2D eigenvalue weighted by molar-refractivity contribution is -0.137. The van der Waals surface area contributed by atoms with E-state index in [1.165, 1.54) is 12.1 Å². The number of alkyl halides is 3. The molecule has 2 aromatic rings. The first-order valence-corrected chi connectivity index (χ1v) is 12.8. The molecule has 1 unspecified atom stereocenters. The van der Waals surface area contributed by atoms with Crippen molar-refractivity contribution >= 4 is 28.8 Å². The zero-order chi connectivity index (χ0) is 26.9. The molecule has 5 rings (SSSR count). The third-order valence-electron chi connectivity index (χ3n) is 7.41. The summed E-state index contributed by atoms with van der Waals surface area (Å²) in [5.41, 5.74) is 2.47. The van der Waals surface area contributed by atoms with Gasteiger partial charge in [-0.15, -0.1) is 0 Å². The van der Waals surface area contributed by atoms with Gasteiger partial charge in [0.1, 0.15) is 5.75 Å². The van der Waals surface area contributed by atoms with Crippen LogP contribution in [0.3, 0.4) is 0 Å². The molecule has 0 spiro atoms. The van der Waals surface area contributed by atoms with Crippen molar-refractivity contribution in [2.45, 2.75) is 50.4 Å². The van der Waals surface area contributed by atoms with Crippen molar-refractivity contribution in [1.82, 2.24) is 4.90 Å². The minimum Gasteiger partial charge on any atom is -0.493 e. The van der Waals surface area contributed by atoms with Crippen LogP contribution >= 0.6 is 0 Å². The Bertz CT molecular complexity index is 1250. The van der Waals surface area contributed by atoms with Crippen molar-refractivity contribution in [3.63, 3.8) is 0 Å². The van der Waals surface area contributed by atoms with Crippen LogP contribution < -0.4 is 15.4 Å². The predicted molar refractivity (Wildman–Crippen MR) is 137 cm³/mol. The van der Waals surface area contributed by atoms with Crippen molar-refractivity contribution in [3.05, 3.63) is 59.2 Å². The molecule has 0 aromatic heterocycles. The molecule has 10 heteroatoms. The summed E-state index contributed by atoms with van der Waals surface area (Å²) in [6, 6.07) is 8.52. The number of nitrogens with zero attached hydrogens (tertiary/aromatic N) is 1. The lowest BCUT2D eigenvalue weighted by Crippen LogP contribution is -2.51. The molecule has 0 aliphatic carbocycles. The van der Waals surface area contributed by atoms with Crippen molar-refractivity contribution in [1.29, 1.82) is 0 Å². The average molecular weight is 530 g/mol. The fourth-order valence-electron chi connectivity index (χ4n) is 5.33. The topological polar surface area (TPSA) is 79.9 Å². The van der Waals surface area contributed by atoms with Crippen molar-refractivity contribution in [2.24, 2.45) is 0 Å². The maximum absolute atomic E-state index is 13.1. The molecule has 0 saturated carbocycles. The van der Waals surface area contributed by atoms with Crippen LogP contribution in [0.2, 0.25) is 0 Å². The van der Waals surface area contributed by atoms with E-state index in [1.54, 1.807) is 19.2 Å². The first-order chi connectivity index (χ1) is 18.2. The van der Waals surface area contributed by atoms with E-state index in [4.69, 9.17) is 9.47 Å². The third-order valence-corrected chi connectivity index (χ3v) is 7.41. The number of fused-ring (bicyclic) bond motifs is 2. The molecule has 3 aliphatic heterocycles. The van der Waals surface area contributed by atoms with Gasteiger partial charge in [0.05, 0.1) is 24.3 Å². The quantitative estimate of drug-likeness (QED) is 0.553. The highest BCUT2D eigenvalue weighted by Gasteiger charge is 2.34. The number of hydrogen-bond acceptors (Lipinski definition) is 5. The van der Waals surface area contributed by atoms with Crippen molar-refractivity contribution in [2.75, 3.05) is 37.4 Å². The SMILES string of the molecule is COC1CCN(C2Cc3ccc(NC(=O)C=C4CCCOc5cc(C(F)(F)F)ccc54)cc3NC2=O)CC1. The zero-order valence-electron chi connectivity index (χ0n) is 21.1. The average Bonchev–Trinajstić information content (AvgIpc) is 3.09. The number of amides is 2. The van der Waals surface area contributed by atoms with Crippen LogP contribution in [0.4, 0.5) is 24.5 Å². The molecule has 1 atom stereocenters. The van der Waals surface area contributed by atoms with Gasteiger partial charge in [-0.2, -0.15) is 13.2 Å². The lowest BCUT2D eigenvalue weighted by atomic mass is 9.95. The summed E-state index contributed by atoms with van der Waals surface area (Å²) in [7, 11) is 1.72. The van der Waals surface area contributed by atoms with Crippen LogP contribution in [-0.4, -0.2) is 55.7 Å². The van der Waals surface area contributed by atoms with Gasteiger partial charge in [-0.1, -0.05) is 12.1 Å². The van der Waals surface area contributed by atoms with Gasteiger partial charge in [-0.3, -0.25) is 14.5 Å². The number of ether oxygens (including phenoxy) is 2. The number of carbonyl (C=O) groups is 2. The monoisotopic (exact) mass is 529 g/mol. The molecule has 2 aromatic carbocycles. The Labute approximate surface area is 219 Å². The van der Waals surface area contributed by atoms with E-state index in [0.29, 0.717) is 41.8 Å². The first-order valence-electron chi connectivity index (χ1n) is 12.8. The normalized spacial score (nSPS) is 21.6. The minimum absolute atomic E-state index is 0.0627. The van der Waals surface area contributed by atoms with Crippen LogP contribution in [0.5, 0.6) is 5.75 Å². The molecule has 202 valence electrons. The highest BCUT2D eigenvalue weighted by Crippen LogP contribution is 2.38. The van der Waals surface area contributed by atoms with E-state index in [-0.39, 0.29) is 30.4 Å². The smallest absolute Gasteiger partial charge is 0.416 e. The van der Waals surface area contributed by atoms with Gasteiger partial charge in [-0.25, -0.2) is 0 Å². The van der Waals surface area contributed by atoms with E-state index < -0.39 is 17.6 Å². The second kappa shape index (κ2) is 10.8. The molecule has 38 heavy (non-hydrogen) atoms. The summed E-state index contributed by atoms with van der Waals surface area (Å²) in [5, 5.41) is 5.79. The second-order valence-corrected chi connectivity index (χ2v) is 9.87. The number of halogens is 3. The van der Waals surface area contributed by atoms with Crippen molar-refractivity contribution < 1.29 is 32.2 Å². The highest BCUT2D eigenvalue weighted by atomic mass is 19.4. The molecule has 7 nitrogen and oxygen atoms in total. The van der Waals surface area contributed by atoms with Crippen LogP contribution in [0.15, 0.2) is 42.5 Å². The number of hydrogen-bond donors (Lipinski definition) is 2. The van der Waals surface area contributed by atoms with Crippen LogP contribution in [0.1, 0.15) is 42.4 Å². The van der Waals surface area contributed by atoms with Crippen LogP contribution in [-0.2, 0) is 26.9 Å². The molecule has 1 fully saturated rings. The summed E-state index contributed by atoms with van der Waals surface area (Å²) >= 11 is 0. The number of allylic oxidation sites excluding steroid dienone is 1. The molecule has 1 saturated heterocycles. The Morgan fingerprint density at radius 1 is 1.18 bits per heavy atom. The number of methoxy groups -OCH3 is 1. The van der Waals surface area contributed by atoms with Gasteiger partial charge in [0.2, 0.25) is 11.8 Å². The minimum atomic E-state index is -4.48. The van der Waals surface area contributed by atoms with E-state index in [2.05, 4.69) is 15.5 Å². The summed E-state index contributed by atoms with van der Waals surface area (Å²) in [6.45, 7) is 1.88. The Morgan fingerprint density at radius 2 is 1.97 bits per heavy atom. The van der Waals surface area contributed by atoms with Gasteiger partial charge >= 0.3 is 6.18 Å². The van der Waals surface area contributed by atoms with E-state index in [0.717, 1.165) is 43.6 Å². The summed E-state index contributed by atoms with van der Waals surface area (Å²) in [4.78, 5) is 27.9. The number of carbonyl (C=O) groups excluding carboxylic acids is 2. The van der Waals surface area contributed by atoms with Crippen molar-refractivity contribution in [3.8, 4) is 5.75 Å². The Morgan fingerprint density at radius 3 is 2.71 bits per heavy atom. The maximum Gasteiger partial charge on any atom is 0.416 e. The molecule has 2 N–H and O–H groups in total. The molecule has 0 bridgehead atoms. The standard InChI is InChI=1S/C28H30F3N3O4/c1-37-21-8-10-34(11-9-21)24-13-18-4-6-20(16-23(18)33-27(24)36)32-26(35)14-17-3-2-12-38-25-15-19(28(29,30)31)5-7-22(17)25/h4-7,14-16,21,24H,2-3,8-13H2,1H3,(H,32,35)(H,33,36). The number of benzene rings is 2. The molecule has 0 radical (unpaired) electrons. The summed E-state index contributed by atoms with van der Waals surface area (Å²) in [5.74, 6) is -0.352. The number of likely N-dealkylation sites (tertiary alicyclic amines) is 1. The molecule has 2 amide bonds. The summed E-state index contributed by atoms with van der Waals surface area (Å²) in [6.07, 6.45) is 0.615. The predicted octanol–water partition coefficient (Wildman–Crippen LogP) is 4.87. The molecule has 3 aliphatic rings. The fourth-order valence-corrected chi connectivity index (χ4v) is 5.33. The zero-order valence-corrected chi connectivity index (χ0v) is 21.1. The van der Waals surface area contributed by atoms with Crippen LogP contribution in [0, 0.1) is 0 Å². The van der Waals surface area contributed by atoms with E-state index in [1.807, 2.05) is 6.07 Å². The number of rotatable bonds is 4. The summed E-state index contributed by atoms with van der Waals surface area (Å²) < 4.78 is 50.3. The lowest BCUT2D eigenvalue weighted by Gasteiger charge is -2.38. The third kappa shape index (κ3) is 5.71. The van der Waals surface area contributed by atoms with Gasteiger partial charge < -0.3 is 20.1 Å². The van der Waals surface area contributed by atoms with Gasteiger partial charge in [0.15, 0.2) is 0 Å². The van der Waals surface area contributed by atoms with E-state index in [9.17, 15) is 22.8 Å². The van der Waals surface area contributed by atoms with Gasteiger partial charge in [0.25, 0.3) is 0 Å². The molecular formula is C28H30F3N3O4. The Kier molecular flexibility index (Phi) is 7.45.